The molecule has 0 aromatic heterocycles. The summed E-state index contributed by atoms with van der Waals surface area (Å²) in [6.45, 7) is 8.11. The maximum absolute atomic E-state index is 9.61. The van der Waals surface area contributed by atoms with Gasteiger partial charge in [-0.1, -0.05) is 6.07 Å². The van der Waals surface area contributed by atoms with Crippen LogP contribution in [0.4, 0.5) is 0 Å². The summed E-state index contributed by atoms with van der Waals surface area (Å²) in [5.41, 5.74) is 1.06. The van der Waals surface area contributed by atoms with Crippen molar-refractivity contribution in [3.63, 3.8) is 0 Å². The zero-order chi connectivity index (χ0) is 17.0. The van der Waals surface area contributed by atoms with Crippen LogP contribution in [0.2, 0.25) is 0 Å². The second kappa shape index (κ2) is 11.3. The number of phenols is 2. The molecule has 6 nitrogen and oxygen atoms in total. The van der Waals surface area contributed by atoms with E-state index in [0.29, 0.717) is 5.92 Å². The summed E-state index contributed by atoms with van der Waals surface area (Å²) in [5, 5.41) is 33.0. The molecule has 1 heterocycles. The number of aromatic hydroxyl groups is 2. The lowest BCUT2D eigenvalue weighted by Gasteiger charge is -2.19. The van der Waals surface area contributed by atoms with E-state index in [4.69, 9.17) is 0 Å². The molecule has 0 radical (unpaired) electrons. The van der Waals surface area contributed by atoms with Gasteiger partial charge in [-0.15, -0.1) is 0 Å². The molecule has 2 rings (SSSR count). The van der Waals surface area contributed by atoms with Gasteiger partial charge in [0.15, 0.2) is 11.5 Å². The van der Waals surface area contributed by atoms with Gasteiger partial charge in [-0.05, 0) is 69.1 Å². The maximum Gasteiger partial charge on any atom is 0.157 e. The lowest BCUT2D eigenvalue weighted by Crippen LogP contribution is -2.38. The van der Waals surface area contributed by atoms with Crippen molar-refractivity contribution in [3.8, 4) is 11.5 Å². The Labute approximate surface area is 145 Å². The second-order valence-electron chi connectivity index (χ2n) is 6.49. The highest BCUT2D eigenvalue weighted by Gasteiger charge is 2.10. The summed E-state index contributed by atoms with van der Waals surface area (Å²) in [4.78, 5) is 0. The SMILES string of the molecule is Oc1ccc(CCC2CNCCNCCCNCCNC2)cc1O. The summed E-state index contributed by atoms with van der Waals surface area (Å²) in [5.74, 6) is 0.455. The van der Waals surface area contributed by atoms with E-state index in [1.807, 2.05) is 6.07 Å². The van der Waals surface area contributed by atoms with Gasteiger partial charge in [0.1, 0.15) is 0 Å². The highest BCUT2D eigenvalue weighted by Crippen LogP contribution is 2.25. The van der Waals surface area contributed by atoms with Gasteiger partial charge in [0.2, 0.25) is 0 Å². The molecule has 1 fully saturated rings. The lowest BCUT2D eigenvalue weighted by molar-refractivity contribution is 0.400. The largest absolute Gasteiger partial charge is 0.504 e. The normalized spacial score (nSPS) is 19.7. The third-order valence-electron chi connectivity index (χ3n) is 4.41. The molecule has 0 unspecified atom stereocenters. The Bertz CT molecular complexity index is 456. The number of nitrogens with one attached hydrogen (secondary N) is 4. The van der Waals surface area contributed by atoms with Crippen LogP contribution in [0.5, 0.6) is 11.5 Å². The van der Waals surface area contributed by atoms with E-state index < -0.39 is 0 Å². The third-order valence-corrected chi connectivity index (χ3v) is 4.41. The Hall–Kier alpha value is -1.34. The molecule has 1 saturated heterocycles. The second-order valence-corrected chi connectivity index (χ2v) is 6.49. The minimum atomic E-state index is -0.0555. The van der Waals surface area contributed by atoms with Crippen LogP contribution in [0.25, 0.3) is 0 Å². The fraction of sp³-hybridized carbons (Fsp3) is 0.667. The number of benzene rings is 1. The molecule has 136 valence electrons. The molecule has 1 aliphatic rings. The summed E-state index contributed by atoms with van der Waals surface area (Å²) in [6.07, 6.45) is 3.12. The monoisotopic (exact) mass is 336 g/mol. The van der Waals surface area contributed by atoms with Crippen LogP contribution >= 0.6 is 0 Å². The molecule has 6 heteroatoms. The minimum Gasteiger partial charge on any atom is -0.504 e. The van der Waals surface area contributed by atoms with E-state index in [9.17, 15) is 10.2 Å². The van der Waals surface area contributed by atoms with Crippen molar-refractivity contribution in [2.75, 3.05) is 52.4 Å². The highest BCUT2D eigenvalue weighted by molar-refractivity contribution is 5.40. The Kier molecular flexibility index (Phi) is 8.91. The van der Waals surface area contributed by atoms with Crippen LogP contribution < -0.4 is 21.3 Å². The molecule has 0 atom stereocenters. The molecule has 0 amide bonds. The van der Waals surface area contributed by atoms with Gasteiger partial charge in [0.25, 0.3) is 0 Å². The van der Waals surface area contributed by atoms with Gasteiger partial charge < -0.3 is 31.5 Å². The number of phenolic OH excluding ortho intramolecular Hbond substituents is 2. The Morgan fingerprint density at radius 1 is 0.792 bits per heavy atom. The summed E-state index contributed by atoms with van der Waals surface area (Å²) >= 11 is 0. The molecule has 1 aromatic carbocycles. The quantitative estimate of drug-likeness (QED) is 0.448. The molecule has 0 spiro atoms. The average Bonchev–Trinajstić information content (AvgIpc) is 2.58. The standard InChI is InChI=1S/C18H32N4O2/c23-17-5-4-15(12-18(17)24)2-3-16-13-21-10-8-19-6-1-7-20-9-11-22-14-16/h4-5,12,16,19-24H,1-3,6-11,13-14H2. The van der Waals surface area contributed by atoms with Crippen LogP contribution in [0, 0.1) is 5.92 Å². The molecule has 0 bridgehead atoms. The average molecular weight is 336 g/mol. The minimum absolute atomic E-state index is 0.0353. The number of hydrogen-bond donors (Lipinski definition) is 6. The number of aryl methyl sites for hydroxylation is 1. The van der Waals surface area contributed by atoms with Crippen LogP contribution in [0.15, 0.2) is 18.2 Å². The Balaban J connectivity index is 1.78. The first kappa shape index (κ1) is 19.0. The van der Waals surface area contributed by atoms with Gasteiger partial charge in [-0.3, -0.25) is 0 Å². The van der Waals surface area contributed by atoms with Crippen molar-refractivity contribution in [1.82, 2.24) is 21.3 Å². The topological polar surface area (TPSA) is 88.6 Å². The molecule has 0 aliphatic carbocycles. The van der Waals surface area contributed by atoms with Crippen LogP contribution in [-0.4, -0.2) is 62.6 Å². The van der Waals surface area contributed by atoms with E-state index in [1.54, 1.807) is 12.1 Å². The van der Waals surface area contributed by atoms with Crippen molar-refractivity contribution < 1.29 is 10.2 Å². The van der Waals surface area contributed by atoms with Gasteiger partial charge >= 0.3 is 0 Å². The predicted octanol–water partition coefficient (Wildman–Crippen LogP) is 0.409. The zero-order valence-electron chi connectivity index (χ0n) is 14.5. The first-order valence-electron chi connectivity index (χ1n) is 9.09. The fourth-order valence-electron chi connectivity index (χ4n) is 2.93. The van der Waals surface area contributed by atoms with Crippen LogP contribution in [0.3, 0.4) is 0 Å². The van der Waals surface area contributed by atoms with E-state index in [0.717, 1.165) is 70.8 Å². The third kappa shape index (κ3) is 7.49. The zero-order valence-corrected chi connectivity index (χ0v) is 14.5. The van der Waals surface area contributed by atoms with Gasteiger partial charge in [-0.2, -0.15) is 0 Å². The number of hydrogen-bond acceptors (Lipinski definition) is 6. The molecule has 1 aliphatic heterocycles. The Morgan fingerprint density at radius 2 is 1.42 bits per heavy atom. The van der Waals surface area contributed by atoms with Crippen LogP contribution in [-0.2, 0) is 6.42 Å². The molecule has 0 saturated carbocycles. The van der Waals surface area contributed by atoms with Crippen molar-refractivity contribution in [2.24, 2.45) is 5.92 Å². The first-order valence-corrected chi connectivity index (χ1v) is 9.09. The molecule has 24 heavy (non-hydrogen) atoms. The first-order chi connectivity index (χ1) is 11.8. The van der Waals surface area contributed by atoms with Crippen molar-refractivity contribution in [2.45, 2.75) is 19.3 Å². The van der Waals surface area contributed by atoms with E-state index in [1.165, 1.54) is 6.42 Å². The summed E-state index contributed by atoms with van der Waals surface area (Å²) < 4.78 is 0. The van der Waals surface area contributed by atoms with Crippen molar-refractivity contribution >= 4 is 0 Å². The summed E-state index contributed by atoms with van der Waals surface area (Å²) in [6, 6.07) is 5.10. The van der Waals surface area contributed by atoms with Crippen molar-refractivity contribution in [3.05, 3.63) is 23.8 Å². The van der Waals surface area contributed by atoms with Crippen molar-refractivity contribution in [1.29, 1.82) is 0 Å². The number of rotatable bonds is 3. The lowest BCUT2D eigenvalue weighted by atomic mass is 9.98. The fourth-order valence-corrected chi connectivity index (χ4v) is 2.93. The summed E-state index contributed by atoms with van der Waals surface area (Å²) in [7, 11) is 0. The van der Waals surface area contributed by atoms with Crippen LogP contribution in [0.1, 0.15) is 18.4 Å². The van der Waals surface area contributed by atoms with Gasteiger partial charge in [0.05, 0.1) is 0 Å². The molecular formula is C18H32N4O2. The predicted molar refractivity (Wildman–Crippen MR) is 97.7 cm³/mol. The Morgan fingerprint density at radius 3 is 2.04 bits per heavy atom. The van der Waals surface area contributed by atoms with E-state index in [2.05, 4.69) is 21.3 Å². The van der Waals surface area contributed by atoms with E-state index in [-0.39, 0.29) is 11.5 Å². The van der Waals surface area contributed by atoms with Gasteiger partial charge in [0, 0.05) is 26.2 Å². The van der Waals surface area contributed by atoms with E-state index >= 15 is 0 Å². The molecule has 6 N–H and O–H groups in total. The van der Waals surface area contributed by atoms with Gasteiger partial charge in [-0.25, -0.2) is 0 Å². The smallest absolute Gasteiger partial charge is 0.157 e. The maximum atomic E-state index is 9.61. The molecule has 1 aromatic rings. The highest BCUT2D eigenvalue weighted by atomic mass is 16.3. The molecular weight excluding hydrogens is 304 g/mol.